The molecular weight excluding hydrogens is 328 g/mol. The SMILES string of the molecule is C[C@H](O)[C@@]1(O)CC[C@H]2[C@@H]3CC[C@@]4(C)C[C@H](O)CC[C@]4(C)[C@H]3[C@@H](O)C[C@@]21C. The summed E-state index contributed by atoms with van der Waals surface area (Å²) in [4.78, 5) is 0. The van der Waals surface area contributed by atoms with E-state index < -0.39 is 23.2 Å². The molecule has 0 aromatic rings. The fourth-order valence-corrected chi connectivity index (χ4v) is 8.44. The Labute approximate surface area is 158 Å². The Kier molecular flexibility index (Phi) is 4.19. The summed E-state index contributed by atoms with van der Waals surface area (Å²) in [5, 5.41) is 43.3. The fourth-order valence-electron chi connectivity index (χ4n) is 8.44. The number of rotatable bonds is 1. The Hall–Kier alpha value is -0.160. The number of aliphatic hydroxyl groups is 4. The Balaban J connectivity index is 1.72. The van der Waals surface area contributed by atoms with Gasteiger partial charge < -0.3 is 20.4 Å². The lowest BCUT2D eigenvalue weighted by Crippen LogP contribution is -2.65. The summed E-state index contributed by atoms with van der Waals surface area (Å²) in [6.07, 6.45) is 5.56. The molecule has 26 heavy (non-hydrogen) atoms. The summed E-state index contributed by atoms with van der Waals surface area (Å²) in [6.45, 7) is 8.50. The zero-order chi connectivity index (χ0) is 19.1. The van der Waals surface area contributed by atoms with Gasteiger partial charge in [-0.25, -0.2) is 0 Å². The van der Waals surface area contributed by atoms with Crippen LogP contribution >= 0.6 is 0 Å². The van der Waals surface area contributed by atoms with Gasteiger partial charge in [0.2, 0.25) is 0 Å². The average molecular weight is 367 g/mol. The first kappa shape index (κ1) is 19.2. The Morgan fingerprint density at radius 3 is 2.23 bits per heavy atom. The molecule has 0 heterocycles. The smallest absolute Gasteiger partial charge is 0.0959 e. The van der Waals surface area contributed by atoms with Gasteiger partial charge >= 0.3 is 0 Å². The van der Waals surface area contributed by atoms with Crippen LogP contribution < -0.4 is 0 Å². The van der Waals surface area contributed by atoms with E-state index in [1.54, 1.807) is 6.92 Å². The molecule has 4 N–H and O–H groups in total. The Bertz CT molecular complexity index is 578. The molecule has 4 fully saturated rings. The van der Waals surface area contributed by atoms with Crippen molar-refractivity contribution < 1.29 is 20.4 Å². The zero-order valence-electron chi connectivity index (χ0n) is 16.9. The molecule has 0 bridgehead atoms. The molecular formula is C22H38O4. The number of fused-ring (bicyclic) bond motifs is 5. The molecule has 0 amide bonds. The van der Waals surface area contributed by atoms with Crippen LogP contribution in [-0.4, -0.2) is 44.3 Å². The molecule has 4 aliphatic carbocycles. The fraction of sp³-hybridized carbons (Fsp3) is 1.00. The highest BCUT2D eigenvalue weighted by Gasteiger charge is 2.69. The maximum absolute atomic E-state index is 11.4. The van der Waals surface area contributed by atoms with E-state index >= 15 is 0 Å². The average Bonchev–Trinajstić information content (AvgIpc) is 2.81. The molecule has 0 radical (unpaired) electrons. The molecule has 4 aliphatic rings. The van der Waals surface area contributed by atoms with Crippen molar-refractivity contribution in [3.63, 3.8) is 0 Å². The normalized spacial score (nSPS) is 60.7. The van der Waals surface area contributed by atoms with E-state index in [9.17, 15) is 20.4 Å². The van der Waals surface area contributed by atoms with Gasteiger partial charge in [0, 0.05) is 5.41 Å². The second-order valence-electron chi connectivity index (χ2n) is 11.0. The highest BCUT2D eigenvalue weighted by molar-refractivity contribution is 5.18. The number of hydrogen-bond donors (Lipinski definition) is 4. The van der Waals surface area contributed by atoms with Crippen LogP contribution in [0.25, 0.3) is 0 Å². The first-order valence-electron chi connectivity index (χ1n) is 10.8. The largest absolute Gasteiger partial charge is 0.393 e. The van der Waals surface area contributed by atoms with Gasteiger partial charge in [0.05, 0.1) is 23.9 Å². The summed E-state index contributed by atoms with van der Waals surface area (Å²) in [5.74, 6) is 1.01. The van der Waals surface area contributed by atoms with E-state index in [-0.39, 0.29) is 22.9 Å². The lowest BCUT2D eigenvalue weighted by atomic mass is 9.39. The van der Waals surface area contributed by atoms with Crippen molar-refractivity contribution in [3.8, 4) is 0 Å². The molecule has 0 spiro atoms. The van der Waals surface area contributed by atoms with E-state index in [4.69, 9.17) is 0 Å². The first-order valence-corrected chi connectivity index (χ1v) is 10.8. The minimum Gasteiger partial charge on any atom is -0.393 e. The zero-order valence-corrected chi connectivity index (χ0v) is 16.9. The third-order valence-electron chi connectivity index (χ3n) is 10.2. The van der Waals surface area contributed by atoms with E-state index in [0.29, 0.717) is 24.7 Å². The van der Waals surface area contributed by atoms with Crippen LogP contribution in [0.2, 0.25) is 0 Å². The molecule has 10 atom stereocenters. The Morgan fingerprint density at radius 2 is 1.58 bits per heavy atom. The van der Waals surface area contributed by atoms with Gasteiger partial charge in [0.25, 0.3) is 0 Å². The minimum absolute atomic E-state index is 0.0431. The summed E-state index contributed by atoms with van der Waals surface area (Å²) >= 11 is 0. The van der Waals surface area contributed by atoms with Crippen LogP contribution in [0, 0.1) is 34.0 Å². The summed E-state index contributed by atoms with van der Waals surface area (Å²) in [7, 11) is 0. The van der Waals surface area contributed by atoms with Crippen LogP contribution in [0.3, 0.4) is 0 Å². The van der Waals surface area contributed by atoms with Crippen LogP contribution in [0.1, 0.15) is 79.1 Å². The van der Waals surface area contributed by atoms with Gasteiger partial charge in [0.15, 0.2) is 0 Å². The quantitative estimate of drug-likeness (QED) is 0.575. The maximum Gasteiger partial charge on any atom is 0.0959 e. The monoisotopic (exact) mass is 366 g/mol. The molecule has 4 nitrogen and oxygen atoms in total. The van der Waals surface area contributed by atoms with Gasteiger partial charge in [-0.05, 0) is 86.9 Å². The topological polar surface area (TPSA) is 80.9 Å². The lowest BCUT2D eigenvalue weighted by molar-refractivity contribution is -0.235. The summed E-state index contributed by atoms with van der Waals surface area (Å²) in [6, 6.07) is 0. The van der Waals surface area contributed by atoms with Crippen LogP contribution in [0.4, 0.5) is 0 Å². The van der Waals surface area contributed by atoms with Gasteiger partial charge in [-0.2, -0.15) is 0 Å². The summed E-state index contributed by atoms with van der Waals surface area (Å²) < 4.78 is 0. The molecule has 150 valence electrons. The van der Waals surface area contributed by atoms with Gasteiger partial charge in [-0.3, -0.25) is 0 Å². The van der Waals surface area contributed by atoms with E-state index in [2.05, 4.69) is 20.8 Å². The molecule has 0 unspecified atom stereocenters. The third-order valence-corrected chi connectivity index (χ3v) is 10.2. The maximum atomic E-state index is 11.4. The molecule has 0 saturated heterocycles. The molecule has 0 aromatic carbocycles. The number of aliphatic hydroxyl groups excluding tert-OH is 3. The molecule has 4 rings (SSSR count). The van der Waals surface area contributed by atoms with Gasteiger partial charge in [0.1, 0.15) is 0 Å². The first-order chi connectivity index (χ1) is 12.0. The summed E-state index contributed by atoms with van der Waals surface area (Å²) in [5.41, 5.74) is -1.38. The van der Waals surface area contributed by atoms with Crippen LogP contribution in [0.15, 0.2) is 0 Å². The second-order valence-corrected chi connectivity index (χ2v) is 11.0. The predicted octanol–water partition coefficient (Wildman–Crippen LogP) is 2.86. The van der Waals surface area contributed by atoms with Crippen molar-refractivity contribution >= 4 is 0 Å². The highest BCUT2D eigenvalue weighted by Crippen LogP contribution is 2.71. The molecule has 4 heteroatoms. The van der Waals surface area contributed by atoms with E-state index in [0.717, 1.165) is 38.5 Å². The lowest BCUT2D eigenvalue weighted by Gasteiger charge is -2.66. The van der Waals surface area contributed by atoms with Crippen LogP contribution in [-0.2, 0) is 0 Å². The van der Waals surface area contributed by atoms with Crippen molar-refractivity contribution in [1.29, 1.82) is 0 Å². The highest BCUT2D eigenvalue weighted by atomic mass is 16.3. The second kappa shape index (κ2) is 5.68. The third kappa shape index (κ3) is 2.16. The van der Waals surface area contributed by atoms with Crippen molar-refractivity contribution in [3.05, 3.63) is 0 Å². The predicted molar refractivity (Wildman–Crippen MR) is 100 cm³/mol. The molecule has 4 saturated carbocycles. The van der Waals surface area contributed by atoms with Crippen molar-refractivity contribution in [2.24, 2.45) is 34.0 Å². The standard InChI is InChI=1S/C22H38O4/c1-13(23)22(26)10-7-16-15-6-8-19(2)11-14(24)5-9-20(19,3)18(15)17(25)12-21(16,22)4/h13-18,23-26H,5-12H2,1-4H3/t13-,14+,15-,16-,17-,18+,19-,20+,21-,22-/m0/s1. The molecule has 0 aromatic heterocycles. The Morgan fingerprint density at radius 1 is 0.885 bits per heavy atom. The number of hydrogen-bond acceptors (Lipinski definition) is 4. The van der Waals surface area contributed by atoms with Gasteiger partial charge in [-0.1, -0.05) is 20.8 Å². The van der Waals surface area contributed by atoms with Crippen molar-refractivity contribution in [2.45, 2.75) is 103 Å². The van der Waals surface area contributed by atoms with E-state index in [1.165, 1.54) is 0 Å². The van der Waals surface area contributed by atoms with Crippen molar-refractivity contribution in [1.82, 2.24) is 0 Å². The molecule has 0 aliphatic heterocycles. The van der Waals surface area contributed by atoms with Gasteiger partial charge in [-0.15, -0.1) is 0 Å². The van der Waals surface area contributed by atoms with Crippen LogP contribution in [0.5, 0.6) is 0 Å². The van der Waals surface area contributed by atoms with E-state index in [1.807, 2.05) is 0 Å². The minimum atomic E-state index is -1.09. The van der Waals surface area contributed by atoms with Crippen molar-refractivity contribution in [2.75, 3.05) is 0 Å².